The van der Waals surface area contributed by atoms with Crippen molar-refractivity contribution >= 4 is 18.0 Å². The molecule has 0 saturated heterocycles. The van der Waals surface area contributed by atoms with Gasteiger partial charge in [-0.15, -0.1) is 0 Å². The predicted molar refractivity (Wildman–Crippen MR) is 197 cm³/mol. The van der Waals surface area contributed by atoms with Gasteiger partial charge >= 0.3 is 18.0 Å². The molecule has 0 aliphatic heterocycles. The van der Waals surface area contributed by atoms with Gasteiger partial charge in [0.2, 0.25) is 0 Å². The smallest absolute Gasteiger partial charge is 0.407 e. The molecule has 1 amide bonds. The molecule has 284 valence electrons. The van der Waals surface area contributed by atoms with E-state index in [2.05, 4.69) is 15.3 Å². The van der Waals surface area contributed by atoms with Crippen LogP contribution in [0.25, 0.3) is 22.3 Å². The number of pyridine rings is 2. The highest BCUT2D eigenvalue weighted by atomic mass is 19.1. The summed E-state index contributed by atoms with van der Waals surface area (Å²) in [5.74, 6) is -2.38. The van der Waals surface area contributed by atoms with E-state index in [-0.39, 0.29) is 58.3 Å². The van der Waals surface area contributed by atoms with Crippen LogP contribution in [0.1, 0.15) is 104 Å². The van der Waals surface area contributed by atoms with Crippen LogP contribution in [0.4, 0.5) is 13.6 Å². The number of H-pyrrole nitrogens is 2. The number of ether oxygens (including phenoxy) is 3. The molecular weight excluding hydrogens is 690 g/mol. The van der Waals surface area contributed by atoms with Crippen molar-refractivity contribution in [3.63, 3.8) is 0 Å². The first-order valence-electron chi connectivity index (χ1n) is 16.8. The number of aromatic nitrogens is 2. The quantitative estimate of drug-likeness (QED) is 0.108. The third-order valence-electron chi connectivity index (χ3n) is 7.90. The van der Waals surface area contributed by atoms with Crippen molar-refractivity contribution < 1.29 is 37.4 Å². The second kappa shape index (κ2) is 17.7. The Kier molecular flexibility index (Phi) is 14.0. The third-order valence-corrected chi connectivity index (χ3v) is 7.90. The van der Waals surface area contributed by atoms with E-state index in [9.17, 15) is 32.8 Å². The van der Waals surface area contributed by atoms with Gasteiger partial charge in [0.25, 0.3) is 11.1 Å². The lowest BCUT2D eigenvalue weighted by molar-refractivity contribution is 0.0521. The summed E-state index contributed by atoms with van der Waals surface area (Å²) in [7, 11) is 2.51. The number of carbonyl (C=O) groups excluding carboxylic acids is 3. The van der Waals surface area contributed by atoms with Gasteiger partial charge in [0.1, 0.15) is 17.2 Å². The van der Waals surface area contributed by atoms with E-state index in [1.807, 2.05) is 27.7 Å². The van der Waals surface area contributed by atoms with Crippen LogP contribution >= 0.6 is 0 Å². The number of nitrogens with two attached hydrogens (primary N) is 1. The average Bonchev–Trinajstić information content (AvgIpc) is 3.09. The summed E-state index contributed by atoms with van der Waals surface area (Å²) < 4.78 is 41.8. The van der Waals surface area contributed by atoms with E-state index in [1.165, 1.54) is 62.8 Å². The monoisotopic (exact) mass is 736 g/mol. The lowest BCUT2D eigenvalue weighted by Crippen LogP contribution is -2.34. The van der Waals surface area contributed by atoms with Gasteiger partial charge < -0.3 is 35.2 Å². The number of halogens is 2. The van der Waals surface area contributed by atoms with E-state index in [0.717, 1.165) is 0 Å². The molecule has 14 heteroatoms. The second-order valence-electron chi connectivity index (χ2n) is 13.6. The highest BCUT2D eigenvalue weighted by Gasteiger charge is 2.28. The first kappa shape index (κ1) is 41.8. The van der Waals surface area contributed by atoms with Gasteiger partial charge in [-0.2, -0.15) is 0 Å². The van der Waals surface area contributed by atoms with E-state index in [1.54, 1.807) is 20.8 Å². The number of esters is 2. The second-order valence-corrected chi connectivity index (χ2v) is 13.6. The van der Waals surface area contributed by atoms with Gasteiger partial charge in [0.15, 0.2) is 0 Å². The first-order chi connectivity index (χ1) is 24.8. The van der Waals surface area contributed by atoms with Gasteiger partial charge in [-0.05, 0) is 68.0 Å². The molecule has 0 radical (unpaired) electrons. The molecule has 5 N–H and O–H groups in total. The van der Waals surface area contributed by atoms with Gasteiger partial charge in [0, 0.05) is 40.2 Å². The van der Waals surface area contributed by atoms with Crippen molar-refractivity contribution in [2.75, 3.05) is 14.2 Å². The topological polar surface area (TPSA) is 183 Å². The maximum Gasteiger partial charge on any atom is 0.407 e. The van der Waals surface area contributed by atoms with Crippen LogP contribution < -0.4 is 22.2 Å². The van der Waals surface area contributed by atoms with Crippen LogP contribution in [-0.4, -0.2) is 47.8 Å². The molecule has 0 aliphatic rings. The van der Waals surface area contributed by atoms with E-state index in [4.69, 9.17) is 19.9 Å². The van der Waals surface area contributed by atoms with Crippen molar-refractivity contribution in [2.45, 2.75) is 79.0 Å². The van der Waals surface area contributed by atoms with Crippen LogP contribution in [0.3, 0.4) is 0 Å². The Balaban J connectivity index is 0.000000295. The van der Waals surface area contributed by atoms with Gasteiger partial charge in [-0.25, -0.2) is 23.2 Å². The molecule has 2 aromatic heterocycles. The van der Waals surface area contributed by atoms with E-state index < -0.39 is 40.8 Å². The van der Waals surface area contributed by atoms with Crippen LogP contribution in [-0.2, 0) is 27.3 Å². The summed E-state index contributed by atoms with van der Waals surface area (Å²) >= 11 is 0. The lowest BCUT2D eigenvalue weighted by atomic mass is 9.91. The Morgan fingerprint density at radius 1 is 0.717 bits per heavy atom. The number of benzene rings is 2. The fourth-order valence-electron chi connectivity index (χ4n) is 5.52. The zero-order valence-corrected chi connectivity index (χ0v) is 31.3. The molecule has 0 atom stereocenters. The molecule has 0 unspecified atom stereocenters. The molecule has 4 rings (SSSR count). The van der Waals surface area contributed by atoms with Gasteiger partial charge in [-0.3, -0.25) is 9.59 Å². The standard InChI is InChI=1S/C22H27FN2O5.C17H19FN2O3/c1-12(2)18-17(20(27)29-6)16(13-7-9-14(23)10-8-13)15(19(26)25-18)11-24-21(28)30-22(3,4)5;1-9(2)15-14(17(22)23-3)13(12(8-19)16(21)20-15)10-4-6-11(18)7-5-10/h7-10,12H,11H2,1-6H3,(H,24,28)(H,25,26);4-7,9H,8,19H2,1-3H3,(H,20,21). The third kappa shape index (κ3) is 10.3. The summed E-state index contributed by atoms with van der Waals surface area (Å²) in [4.78, 5) is 67.8. The largest absolute Gasteiger partial charge is 0.465 e. The number of alkyl carbamates (subject to hydrolysis) is 1. The minimum absolute atomic E-state index is 0.0512. The van der Waals surface area contributed by atoms with Crippen LogP contribution in [0.15, 0.2) is 58.1 Å². The summed E-state index contributed by atoms with van der Waals surface area (Å²) in [6.07, 6.45) is -0.709. The van der Waals surface area contributed by atoms with Crippen molar-refractivity contribution in [3.8, 4) is 22.3 Å². The maximum absolute atomic E-state index is 13.5. The molecule has 0 saturated carbocycles. The Morgan fingerprint density at radius 2 is 1.09 bits per heavy atom. The Labute approximate surface area is 306 Å². The van der Waals surface area contributed by atoms with Crippen LogP contribution in [0.5, 0.6) is 0 Å². The highest BCUT2D eigenvalue weighted by Crippen LogP contribution is 2.33. The van der Waals surface area contributed by atoms with Crippen LogP contribution in [0, 0.1) is 11.6 Å². The normalized spacial score (nSPS) is 11.1. The summed E-state index contributed by atoms with van der Waals surface area (Å²) in [6, 6.07) is 11.0. The maximum atomic E-state index is 13.5. The zero-order valence-electron chi connectivity index (χ0n) is 31.3. The van der Waals surface area contributed by atoms with E-state index in [0.29, 0.717) is 28.1 Å². The molecule has 0 fully saturated rings. The molecule has 2 aromatic carbocycles. The van der Waals surface area contributed by atoms with Crippen molar-refractivity contribution in [1.29, 1.82) is 0 Å². The number of carbonyl (C=O) groups is 3. The molecular formula is C39H46F2N4O8. The number of aromatic amines is 2. The molecule has 12 nitrogen and oxygen atoms in total. The Morgan fingerprint density at radius 3 is 1.43 bits per heavy atom. The van der Waals surface area contributed by atoms with Crippen molar-refractivity contribution in [3.05, 3.63) is 115 Å². The highest BCUT2D eigenvalue weighted by molar-refractivity contribution is 6.00. The number of hydrogen-bond acceptors (Lipinski definition) is 9. The molecule has 4 aromatic rings. The minimum Gasteiger partial charge on any atom is -0.465 e. The number of hydrogen-bond donors (Lipinski definition) is 4. The average molecular weight is 737 g/mol. The van der Waals surface area contributed by atoms with Crippen LogP contribution in [0.2, 0.25) is 0 Å². The number of nitrogens with one attached hydrogen (secondary N) is 3. The Bertz CT molecular complexity index is 2060. The number of amides is 1. The predicted octanol–water partition coefficient (Wildman–Crippen LogP) is 6.67. The van der Waals surface area contributed by atoms with Gasteiger partial charge in [-0.1, -0.05) is 52.0 Å². The fraction of sp³-hybridized carbons (Fsp3) is 0.359. The minimum atomic E-state index is -0.713. The molecule has 0 aliphatic carbocycles. The molecule has 53 heavy (non-hydrogen) atoms. The van der Waals surface area contributed by atoms with E-state index >= 15 is 0 Å². The SMILES string of the molecule is COC(=O)c1c(C(C)C)[nH]c(=O)c(CN)c1-c1ccc(F)cc1.COC(=O)c1c(C(C)C)[nH]c(=O)c(CNC(=O)OC(C)(C)C)c1-c1ccc(F)cc1. The molecule has 2 heterocycles. The summed E-state index contributed by atoms with van der Waals surface area (Å²) in [6.45, 7) is 12.3. The first-order valence-corrected chi connectivity index (χ1v) is 16.8. The van der Waals surface area contributed by atoms with Gasteiger partial charge in [0.05, 0.1) is 31.9 Å². The molecule has 0 bridgehead atoms. The van der Waals surface area contributed by atoms with Crippen molar-refractivity contribution in [1.82, 2.24) is 15.3 Å². The number of rotatable bonds is 9. The number of methoxy groups -OCH3 is 2. The summed E-state index contributed by atoms with van der Waals surface area (Å²) in [5.41, 5.74) is 7.53. The fourth-order valence-corrected chi connectivity index (χ4v) is 5.52. The summed E-state index contributed by atoms with van der Waals surface area (Å²) in [5, 5.41) is 2.54. The molecule has 0 spiro atoms. The van der Waals surface area contributed by atoms with Crippen molar-refractivity contribution in [2.24, 2.45) is 5.73 Å². The Hall–Kier alpha value is -5.63. The zero-order chi connectivity index (χ0) is 39.8. The lowest BCUT2D eigenvalue weighted by Gasteiger charge is -2.21.